The number of halogens is 3. The zero-order chi connectivity index (χ0) is 19.3. The van der Waals surface area contributed by atoms with E-state index in [4.69, 9.17) is 4.42 Å². The molecular formula is C16H13F3N4O3S. The molecule has 0 saturated carbocycles. The third-order valence-corrected chi connectivity index (χ3v) is 4.17. The van der Waals surface area contributed by atoms with E-state index in [2.05, 4.69) is 20.3 Å². The molecule has 1 aromatic carbocycles. The Morgan fingerprint density at radius 2 is 2.04 bits per heavy atom. The van der Waals surface area contributed by atoms with Gasteiger partial charge in [0.1, 0.15) is 17.8 Å². The summed E-state index contributed by atoms with van der Waals surface area (Å²) in [5, 5.41) is 10.9. The summed E-state index contributed by atoms with van der Waals surface area (Å²) in [5.41, 5.74) is 0.354. The number of carbonyl (C=O) groups is 1. The Balaban J connectivity index is 1.51. The molecule has 27 heavy (non-hydrogen) atoms. The van der Waals surface area contributed by atoms with Gasteiger partial charge in [-0.1, -0.05) is 11.8 Å². The van der Waals surface area contributed by atoms with Crippen LogP contribution in [0.5, 0.6) is 5.75 Å². The molecule has 0 saturated heterocycles. The van der Waals surface area contributed by atoms with Crippen molar-refractivity contribution in [1.29, 1.82) is 0 Å². The second-order valence-electron chi connectivity index (χ2n) is 5.23. The third kappa shape index (κ3) is 5.78. The normalized spacial score (nSPS) is 11.4. The lowest BCUT2D eigenvalue weighted by Gasteiger charge is -2.10. The summed E-state index contributed by atoms with van der Waals surface area (Å²) in [4.78, 5) is 12.0. The van der Waals surface area contributed by atoms with Gasteiger partial charge < -0.3 is 19.0 Å². The first-order chi connectivity index (χ1) is 12.9. The fourth-order valence-electron chi connectivity index (χ4n) is 2.10. The van der Waals surface area contributed by atoms with E-state index < -0.39 is 6.36 Å². The highest BCUT2D eigenvalue weighted by molar-refractivity contribution is 7.99. The molecule has 0 spiro atoms. The fourth-order valence-corrected chi connectivity index (χ4v) is 2.82. The predicted octanol–water partition coefficient (Wildman–Crippen LogP) is 3.55. The Kier molecular flexibility index (Phi) is 5.69. The molecule has 0 fully saturated rings. The van der Waals surface area contributed by atoms with Crippen LogP contribution in [0.4, 0.5) is 18.9 Å². The van der Waals surface area contributed by atoms with E-state index in [0.717, 1.165) is 17.9 Å². The third-order valence-electron chi connectivity index (χ3n) is 3.19. The Hall–Kier alpha value is -2.95. The lowest BCUT2D eigenvalue weighted by atomic mass is 10.3. The zero-order valence-electron chi connectivity index (χ0n) is 13.6. The largest absolute Gasteiger partial charge is 0.573 e. The van der Waals surface area contributed by atoms with Gasteiger partial charge in [-0.25, -0.2) is 0 Å². The van der Waals surface area contributed by atoms with Gasteiger partial charge in [-0.2, -0.15) is 0 Å². The predicted molar refractivity (Wildman–Crippen MR) is 90.3 cm³/mol. The van der Waals surface area contributed by atoms with Gasteiger partial charge in [0.15, 0.2) is 5.16 Å². The number of carbonyl (C=O) groups excluding carboxylic acids is 1. The number of amides is 1. The number of nitrogens with zero attached hydrogens (tertiary/aromatic N) is 3. The van der Waals surface area contributed by atoms with Crippen molar-refractivity contribution in [3.63, 3.8) is 0 Å². The minimum Gasteiger partial charge on any atom is -0.467 e. The van der Waals surface area contributed by atoms with Crippen molar-refractivity contribution >= 4 is 23.4 Å². The van der Waals surface area contributed by atoms with Crippen LogP contribution in [0.2, 0.25) is 0 Å². The molecule has 0 aliphatic heterocycles. The number of rotatable bonds is 7. The lowest BCUT2D eigenvalue weighted by molar-refractivity contribution is -0.274. The smallest absolute Gasteiger partial charge is 0.467 e. The minimum atomic E-state index is -4.76. The fraction of sp³-hybridized carbons (Fsp3) is 0.188. The Bertz CT molecular complexity index is 879. The van der Waals surface area contributed by atoms with Gasteiger partial charge in [0, 0.05) is 5.69 Å². The van der Waals surface area contributed by atoms with Crippen LogP contribution in [0.15, 0.2) is 58.6 Å². The number of nitrogens with one attached hydrogen (secondary N) is 1. The van der Waals surface area contributed by atoms with E-state index in [-0.39, 0.29) is 17.4 Å². The summed E-state index contributed by atoms with van der Waals surface area (Å²) in [7, 11) is 0. The van der Waals surface area contributed by atoms with Gasteiger partial charge in [-0.3, -0.25) is 4.79 Å². The average molecular weight is 398 g/mol. The van der Waals surface area contributed by atoms with Gasteiger partial charge in [-0.05, 0) is 36.4 Å². The Morgan fingerprint density at radius 3 is 2.70 bits per heavy atom. The summed E-state index contributed by atoms with van der Waals surface area (Å²) in [6.45, 7) is 0.435. The number of benzene rings is 1. The van der Waals surface area contributed by atoms with Crippen molar-refractivity contribution in [3.05, 3.63) is 54.7 Å². The van der Waals surface area contributed by atoms with E-state index in [1.54, 1.807) is 16.9 Å². The Morgan fingerprint density at radius 1 is 1.26 bits per heavy atom. The van der Waals surface area contributed by atoms with Crippen LogP contribution >= 0.6 is 11.8 Å². The molecule has 142 valence electrons. The first-order valence-corrected chi connectivity index (χ1v) is 8.56. The number of hydrogen-bond acceptors (Lipinski definition) is 6. The number of furan rings is 1. The van der Waals surface area contributed by atoms with Gasteiger partial charge in [0.05, 0.1) is 18.6 Å². The zero-order valence-corrected chi connectivity index (χ0v) is 14.5. The van der Waals surface area contributed by atoms with Crippen molar-refractivity contribution in [2.75, 3.05) is 11.1 Å². The van der Waals surface area contributed by atoms with Crippen molar-refractivity contribution in [2.45, 2.75) is 18.1 Å². The molecule has 0 aliphatic carbocycles. The van der Waals surface area contributed by atoms with E-state index in [9.17, 15) is 18.0 Å². The number of alkyl halides is 3. The highest BCUT2D eigenvalue weighted by atomic mass is 32.2. The molecule has 2 heterocycles. The van der Waals surface area contributed by atoms with E-state index in [0.29, 0.717) is 17.4 Å². The second-order valence-corrected chi connectivity index (χ2v) is 6.17. The standard InChI is InChI=1S/C16H13F3N4O3S/c17-16(18,19)26-12-5-3-11(4-6-12)21-14(24)9-27-15-22-20-10-23(15)8-13-2-1-7-25-13/h1-7,10H,8-9H2,(H,21,24). The first kappa shape index (κ1) is 18.8. The maximum Gasteiger partial charge on any atom is 0.573 e. The van der Waals surface area contributed by atoms with Crippen LogP contribution < -0.4 is 10.1 Å². The number of hydrogen-bond donors (Lipinski definition) is 1. The summed E-state index contributed by atoms with van der Waals surface area (Å²) in [6.07, 6.45) is -1.67. The van der Waals surface area contributed by atoms with Crippen LogP contribution in [0.3, 0.4) is 0 Å². The molecule has 1 amide bonds. The number of ether oxygens (including phenoxy) is 1. The molecule has 3 rings (SSSR count). The molecule has 2 aromatic heterocycles. The van der Waals surface area contributed by atoms with Crippen LogP contribution in [0.1, 0.15) is 5.76 Å². The maximum absolute atomic E-state index is 12.1. The quantitative estimate of drug-likeness (QED) is 0.613. The molecule has 0 unspecified atom stereocenters. The second kappa shape index (κ2) is 8.16. The van der Waals surface area contributed by atoms with Gasteiger partial charge in [-0.15, -0.1) is 23.4 Å². The summed E-state index contributed by atoms with van der Waals surface area (Å²) < 4.78 is 47.1. The van der Waals surface area contributed by atoms with Crippen LogP contribution in [0, 0.1) is 0 Å². The van der Waals surface area contributed by atoms with Crippen LogP contribution in [0.25, 0.3) is 0 Å². The van der Waals surface area contributed by atoms with Gasteiger partial charge >= 0.3 is 6.36 Å². The highest BCUT2D eigenvalue weighted by Gasteiger charge is 2.30. The van der Waals surface area contributed by atoms with E-state index in [1.165, 1.54) is 30.2 Å². The molecule has 3 aromatic rings. The topological polar surface area (TPSA) is 82.2 Å². The summed E-state index contributed by atoms with van der Waals surface area (Å²) in [5.74, 6) is 0.0812. The minimum absolute atomic E-state index is 0.0532. The van der Waals surface area contributed by atoms with Crippen molar-refractivity contribution in [3.8, 4) is 5.75 Å². The van der Waals surface area contributed by atoms with E-state index in [1.807, 2.05) is 6.07 Å². The Labute approximate surface area is 155 Å². The SMILES string of the molecule is O=C(CSc1nncn1Cc1ccco1)Nc1ccc(OC(F)(F)F)cc1. The lowest BCUT2D eigenvalue weighted by Crippen LogP contribution is -2.17. The molecule has 0 aliphatic rings. The molecular weight excluding hydrogens is 385 g/mol. The maximum atomic E-state index is 12.1. The van der Waals surface area contributed by atoms with E-state index >= 15 is 0 Å². The van der Waals surface area contributed by atoms with Crippen LogP contribution in [-0.4, -0.2) is 32.8 Å². The summed E-state index contributed by atoms with van der Waals surface area (Å²) in [6, 6.07) is 8.47. The number of anilines is 1. The van der Waals surface area contributed by atoms with Gasteiger partial charge in [0.2, 0.25) is 5.91 Å². The molecule has 1 N–H and O–H groups in total. The molecule has 0 bridgehead atoms. The first-order valence-electron chi connectivity index (χ1n) is 7.58. The molecule has 7 nitrogen and oxygen atoms in total. The van der Waals surface area contributed by atoms with Crippen molar-refractivity contribution < 1.29 is 27.1 Å². The van der Waals surface area contributed by atoms with Crippen molar-refractivity contribution in [1.82, 2.24) is 14.8 Å². The van der Waals surface area contributed by atoms with Crippen molar-refractivity contribution in [2.24, 2.45) is 0 Å². The highest BCUT2D eigenvalue weighted by Crippen LogP contribution is 2.24. The number of thioether (sulfide) groups is 1. The summed E-state index contributed by atoms with van der Waals surface area (Å²) >= 11 is 1.18. The molecule has 11 heteroatoms. The molecule has 0 radical (unpaired) electrons. The van der Waals surface area contributed by atoms with Crippen LogP contribution in [-0.2, 0) is 11.3 Å². The molecule has 0 atom stereocenters. The monoisotopic (exact) mass is 398 g/mol. The number of aromatic nitrogens is 3. The average Bonchev–Trinajstić information content (AvgIpc) is 3.26. The van der Waals surface area contributed by atoms with Gasteiger partial charge in [0.25, 0.3) is 0 Å².